The fourth-order valence-electron chi connectivity index (χ4n) is 13.7. The first-order valence-electron chi connectivity index (χ1n) is 23.8. The fourth-order valence-corrected chi connectivity index (χ4v) is 13.7. The second-order valence-corrected chi connectivity index (χ2v) is 22.3. The average molecular weight is 785 g/mol. The Labute approximate surface area is 342 Å². The average Bonchev–Trinajstić information content (AvgIpc) is 3.11. The van der Waals surface area contributed by atoms with Crippen molar-refractivity contribution in [3.8, 4) is 0 Å². The third kappa shape index (κ3) is 10.7. The van der Waals surface area contributed by atoms with Crippen LogP contribution in [0.15, 0.2) is 0 Å². The van der Waals surface area contributed by atoms with Gasteiger partial charge in [-0.3, -0.25) is 19.3 Å². The number of aliphatic carboxylic acids is 1. The van der Waals surface area contributed by atoms with Crippen LogP contribution in [0.1, 0.15) is 216 Å². The van der Waals surface area contributed by atoms with E-state index in [1.807, 2.05) is 0 Å². The van der Waals surface area contributed by atoms with E-state index in [-0.39, 0.29) is 52.5 Å². The molecule has 56 heavy (non-hydrogen) atoms. The highest BCUT2D eigenvalue weighted by Gasteiger charge is 2.53. The van der Waals surface area contributed by atoms with Crippen LogP contribution in [0.25, 0.3) is 0 Å². The maximum Gasteiger partial charge on any atom is 0.309 e. The maximum atomic E-state index is 14.7. The lowest BCUT2D eigenvalue weighted by atomic mass is 9.68. The number of esters is 1. The molecule has 7 atom stereocenters. The fraction of sp³-hybridized carbons (Fsp3) is 0.958. The molecule has 0 aromatic rings. The smallest absolute Gasteiger partial charge is 0.309 e. The minimum atomic E-state index is -0.717. The minimum Gasteiger partial charge on any atom is -0.481 e. The van der Waals surface area contributed by atoms with Gasteiger partial charge in [0.2, 0.25) is 0 Å². The van der Waals surface area contributed by atoms with Crippen LogP contribution < -0.4 is 0 Å². The SMILES string of the molecule is CC1(C)CC(OC(=O)C(CCCCCCCC(=O)O)C2CC(C)(C)N(OC3CCCC4CCCCC43)C(C)(C)C2)CC(C)(C)N1OC1CCCC2CCCCC21. The largest absolute Gasteiger partial charge is 0.481 e. The number of carbonyl (C=O) groups is 2. The standard InChI is InChI=1S/C48H84N2O6/c1-45(2)30-36(31-46(3,4)49(45)55-41-27-18-22-34-20-14-16-24-38(34)41)40(26-12-10-9-11-13-29-43(51)52)44(53)54-37-32-47(5,6)50(48(7,8)33-37)56-42-28-19-23-35-21-15-17-25-39(35)42/h34-42H,9-33H2,1-8H3,(H,51,52). The summed E-state index contributed by atoms with van der Waals surface area (Å²) < 4.78 is 6.74. The van der Waals surface area contributed by atoms with E-state index in [2.05, 4.69) is 65.5 Å². The Morgan fingerprint density at radius 3 is 1.50 bits per heavy atom. The van der Waals surface area contributed by atoms with Gasteiger partial charge in [-0.25, -0.2) is 0 Å². The van der Waals surface area contributed by atoms with Crippen LogP contribution in [0.2, 0.25) is 0 Å². The Morgan fingerprint density at radius 1 is 0.571 bits per heavy atom. The van der Waals surface area contributed by atoms with Crippen molar-refractivity contribution in [2.24, 2.45) is 35.5 Å². The molecule has 2 aliphatic heterocycles. The van der Waals surface area contributed by atoms with E-state index in [0.29, 0.717) is 24.0 Å². The lowest BCUT2D eigenvalue weighted by Gasteiger charge is -2.57. The highest BCUT2D eigenvalue weighted by Crippen LogP contribution is 2.50. The van der Waals surface area contributed by atoms with Gasteiger partial charge in [0.05, 0.1) is 18.1 Å². The summed E-state index contributed by atoms with van der Waals surface area (Å²) in [5, 5.41) is 13.8. The highest BCUT2D eigenvalue weighted by atomic mass is 16.7. The van der Waals surface area contributed by atoms with Gasteiger partial charge in [0.15, 0.2) is 0 Å². The zero-order chi connectivity index (χ0) is 40.3. The van der Waals surface area contributed by atoms with Crippen molar-refractivity contribution in [1.29, 1.82) is 0 Å². The molecule has 6 fully saturated rings. The Balaban J connectivity index is 1.13. The van der Waals surface area contributed by atoms with E-state index in [4.69, 9.17) is 19.5 Å². The summed E-state index contributed by atoms with van der Waals surface area (Å²) in [4.78, 5) is 40.1. The minimum absolute atomic E-state index is 0.0116. The first-order chi connectivity index (χ1) is 26.5. The molecule has 0 bridgehead atoms. The van der Waals surface area contributed by atoms with E-state index in [9.17, 15) is 9.59 Å². The summed E-state index contributed by atoms with van der Waals surface area (Å²) in [6, 6.07) is 0. The molecule has 4 saturated carbocycles. The third-order valence-corrected chi connectivity index (χ3v) is 15.7. The van der Waals surface area contributed by atoms with Gasteiger partial charge in [0.1, 0.15) is 6.10 Å². The van der Waals surface area contributed by atoms with Gasteiger partial charge < -0.3 is 9.84 Å². The molecule has 0 amide bonds. The highest BCUT2D eigenvalue weighted by molar-refractivity contribution is 5.73. The van der Waals surface area contributed by atoms with Crippen molar-refractivity contribution in [1.82, 2.24) is 10.1 Å². The number of ether oxygens (including phenoxy) is 1. The summed E-state index contributed by atoms with van der Waals surface area (Å²) in [5.41, 5.74) is -0.954. The predicted molar refractivity (Wildman–Crippen MR) is 224 cm³/mol. The monoisotopic (exact) mass is 785 g/mol. The summed E-state index contributed by atoms with van der Waals surface area (Å²) in [7, 11) is 0. The van der Waals surface area contributed by atoms with E-state index in [1.165, 1.54) is 77.0 Å². The van der Waals surface area contributed by atoms with Gasteiger partial charge >= 0.3 is 11.9 Å². The van der Waals surface area contributed by atoms with Crippen LogP contribution in [0, 0.1) is 35.5 Å². The Kier molecular flexibility index (Phi) is 14.7. The second-order valence-electron chi connectivity index (χ2n) is 22.3. The van der Waals surface area contributed by atoms with Crippen molar-refractivity contribution in [2.75, 3.05) is 0 Å². The van der Waals surface area contributed by atoms with Gasteiger partial charge in [-0.15, -0.1) is 0 Å². The quantitative estimate of drug-likeness (QED) is 0.130. The lowest BCUT2D eigenvalue weighted by molar-refractivity contribution is -0.330. The molecule has 0 radical (unpaired) electrons. The van der Waals surface area contributed by atoms with Crippen molar-refractivity contribution in [3.05, 3.63) is 0 Å². The Hall–Kier alpha value is -1.22. The normalized spacial score (nSPS) is 34.2. The molecular formula is C48H84N2O6. The molecule has 2 saturated heterocycles. The van der Waals surface area contributed by atoms with Crippen LogP contribution in [0.3, 0.4) is 0 Å². The number of hydrogen-bond acceptors (Lipinski definition) is 7. The van der Waals surface area contributed by atoms with Gasteiger partial charge in [-0.1, -0.05) is 77.0 Å². The molecule has 322 valence electrons. The summed E-state index contributed by atoms with van der Waals surface area (Å²) in [6.07, 6.45) is 27.8. The third-order valence-electron chi connectivity index (χ3n) is 15.7. The molecule has 0 spiro atoms. The van der Waals surface area contributed by atoms with Crippen LogP contribution in [0.4, 0.5) is 0 Å². The number of rotatable bonds is 15. The molecule has 6 rings (SSSR count). The predicted octanol–water partition coefficient (Wildman–Crippen LogP) is 11.8. The Bertz CT molecular complexity index is 1260. The summed E-state index contributed by atoms with van der Waals surface area (Å²) in [6.45, 7) is 18.5. The van der Waals surface area contributed by atoms with Crippen molar-refractivity contribution in [3.63, 3.8) is 0 Å². The van der Waals surface area contributed by atoms with Crippen molar-refractivity contribution in [2.45, 2.75) is 256 Å². The van der Waals surface area contributed by atoms with Gasteiger partial charge in [0, 0.05) is 41.4 Å². The molecule has 6 aliphatic rings. The molecular weight excluding hydrogens is 701 g/mol. The summed E-state index contributed by atoms with van der Waals surface area (Å²) in [5.74, 6) is 2.30. The summed E-state index contributed by atoms with van der Waals surface area (Å²) >= 11 is 0. The number of hydroxylamine groups is 4. The number of hydrogen-bond donors (Lipinski definition) is 1. The number of carboxylic acids is 1. The van der Waals surface area contributed by atoms with Crippen LogP contribution in [-0.2, 0) is 24.0 Å². The zero-order valence-corrected chi connectivity index (χ0v) is 37.3. The molecule has 0 aromatic carbocycles. The second kappa shape index (κ2) is 18.6. The van der Waals surface area contributed by atoms with E-state index < -0.39 is 5.97 Å². The van der Waals surface area contributed by atoms with Crippen molar-refractivity contribution >= 4 is 11.9 Å². The van der Waals surface area contributed by atoms with Crippen LogP contribution in [-0.4, -0.2) is 67.6 Å². The Morgan fingerprint density at radius 2 is 1.00 bits per heavy atom. The molecule has 7 unspecified atom stereocenters. The number of unbranched alkanes of at least 4 members (excludes halogenated alkanes) is 4. The number of fused-ring (bicyclic) bond motifs is 2. The number of carboxylic acid groups (broad SMARTS) is 1. The van der Waals surface area contributed by atoms with Crippen molar-refractivity contribution < 1.29 is 29.1 Å². The lowest BCUT2D eigenvalue weighted by Crippen LogP contribution is -2.64. The molecule has 4 aliphatic carbocycles. The first-order valence-corrected chi connectivity index (χ1v) is 23.8. The molecule has 2 heterocycles. The van der Waals surface area contributed by atoms with Crippen LogP contribution in [0.5, 0.6) is 0 Å². The molecule has 8 nitrogen and oxygen atoms in total. The molecule has 1 N–H and O–H groups in total. The van der Waals surface area contributed by atoms with Gasteiger partial charge in [-0.05, 0) is 149 Å². The van der Waals surface area contributed by atoms with Gasteiger partial charge in [0.25, 0.3) is 0 Å². The molecule has 0 aromatic heterocycles. The maximum absolute atomic E-state index is 14.7. The number of piperidine rings is 2. The number of carbonyl (C=O) groups excluding carboxylic acids is 1. The van der Waals surface area contributed by atoms with Crippen LogP contribution >= 0.6 is 0 Å². The van der Waals surface area contributed by atoms with Gasteiger partial charge in [-0.2, -0.15) is 10.1 Å². The topological polar surface area (TPSA) is 88.5 Å². The first kappa shape index (κ1) is 44.3. The van der Waals surface area contributed by atoms with E-state index >= 15 is 0 Å². The van der Waals surface area contributed by atoms with E-state index in [1.54, 1.807) is 0 Å². The van der Waals surface area contributed by atoms with E-state index in [0.717, 1.165) is 88.9 Å². The number of nitrogens with zero attached hydrogens (tertiary/aromatic N) is 2. The molecule has 8 heteroatoms. The zero-order valence-electron chi connectivity index (χ0n) is 37.3.